The number of nitrogens with two attached hydrogens (primary N) is 1. The van der Waals surface area contributed by atoms with Gasteiger partial charge in [-0.25, -0.2) is 15.5 Å². The molecule has 0 aliphatic carbocycles. The second-order valence-electron chi connectivity index (χ2n) is 8.41. The summed E-state index contributed by atoms with van der Waals surface area (Å²) >= 11 is 0. The molecule has 2 amide bonds. The van der Waals surface area contributed by atoms with Crippen LogP contribution < -0.4 is 11.2 Å². The molecule has 4 aromatic rings. The van der Waals surface area contributed by atoms with Gasteiger partial charge in [-0.05, 0) is 30.2 Å². The quantitative estimate of drug-likeness (QED) is 0.136. The summed E-state index contributed by atoms with van der Waals surface area (Å²) in [5.41, 5.74) is 2.56. The van der Waals surface area contributed by atoms with Crippen LogP contribution >= 0.6 is 0 Å². The summed E-state index contributed by atoms with van der Waals surface area (Å²) in [6.07, 6.45) is 3.60. The summed E-state index contributed by atoms with van der Waals surface area (Å²) in [5, 5.41) is 7.90. The molecule has 2 aromatic carbocycles. The highest BCUT2D eigenvalue weighted by molar-refractivity contribution is 6.35. The van der Waals surface area contributed by atoms with Gasteiger partial charge in [0.05, 0.1) is 23.9 Å². The van der Waals surface area contributed by atoms with Crippen LogP contribution in [0.3, 0.4) is 0 Å². The Morgan fingerprint density at radius 2 is 1.71 bits per heavy atom. The van der Waals surface area contributed by atoms with Gasteiger partial charge in [0, 0.05) is 24.4 Å². The molecule has 0 saturated carbocycles. The van der Waals surface area contributed by atoms with E-state index in [4.69, 9.17) is 10.7 Å². The van der Waals surface area contributed by atoms with Gasteiger partial charge in [0.15, 0.2) is 5.82 Å². The van der Waals surface area contributed by atoms with E-state index in [1.807, 2.05) is 49.4 Å². The van der Waals surface area contributed by atoms with Crippen LogP contribution in [-0.2, 0) is 14.4 Å². The first-order valence-electron chi connectivity index (χ1n) is 12.1. The molecule has 0 spiro atoms. The van der Waals surface area contributed by atoms with Crippen LogP contribution in [0.15, 0.2) is 91.3 Å². The van der Waals surface area contributed by atoms with Crippen molar-refractivity contribution in [2.45, 2.75) is 25.8 Å². The molecule has 0 bridgehead atoms. The van der Waals surface area contributed by atoms with E-state index in [2.05, 4.69) is 15.4 Å². The molecule has 10 heteroatoms. The molecule has 1 atom stereocenters. The minimum Gasteiger partial charge on any atom is -0.345 e. The Hall–Kier alpha value is -4.67. The third-order valence-corrected chi connectivity index (χ3v) is 5.68. The van der Waals surface area contributed by atoms with Crippen molar-refractivity contribution in [2.24, 2.45) is 5.84 Å². The van der Waals surface area contributed by atoms with E-state index in [0.717, 1.165) is 11.3 Å². The topological polar surface area (TPSA) is 132 Å². The number of nitrogens with zero attached hydrogens (tertiary/aromatic N) is 4. The van der Waals surface area contributed by atoms with E-state index >= 15 is 0 Å². The fourth-order valence-corrected chi connectivity index (χ4v) is 3.78. The highest BCUT2D eigenvalue weighted by Gasteiger charge is 2.27. The van der Waals surface area contributed by atoms with Crippen molar-refractivity contribution in [3.63, 3.8) is 0 Å². The molecule has 0 aliphatic rings. The summed E-state index contributed by atoms with van der Waals surface area (Å²) in [6, 6.07) is 22.9. The lowest BCUT2D eigenvalue weighted by molar-refractivity contribution is -0.189. The van der Waals surface area contributed by atoms with Crippen LogP contribution in [0.2, 0.25) is 0 Å². The van der Waals surface area contributed by atoms with E-state index in [9.17, 15) is 14.4 Å². The number of carbonyl (C=O) groups excluding carboxylic acids is 3. The third kappa shape index (κ3) is 6.36. The van der Waals surface area contributed by atoms with Gasteiger partial charge < -0.3 is 5.32 Å². The van der Waals surface area contributed by atoms with Gasteiger partial charge in [-0.3, -0.25) is 19.2 Å². The van der Waals surface area contributed by atoms with Crippen LogP contribution in [0.1, 0.15) is 41.7 Å². The van der Waals surface area contributed by atoms with E-state index in [0.29, 0.717) is 23.0 Å². The Labute approximate surface area is 220 Å². The Kier molecular flexibility index (Phi) is 8.70. The molecule has 0 aliphatic heterocycles. The van der Waals surface area contributed by atoms with Crippen molar-refractivity contribution >= 4 is 17.6 Å². The Morgan fingerprint density at radius 3 is 2.42 bits per heavy atom. The number of rotatable bonds is 11. The molecule has 1 unspecified atom stereocenters. The van der Waals surface area contributed by atoms with Crippen LogP contribution in [0.25, 0.3) is 17.1 Å². The number of aromatic nitrogens is 3. The van der Waals surface area contributed by atoms with E-state index in [-0.39, 0.29) is 18.6 Å². The zero-order valence-corrected chi connectivity index (χ0v) is 20.9. The predicted octanol–water partition coefficient (Wildman–Crippen LogP) is 3.41. The maximum atomic E-state index is 13.5. The maximum absolute atomic E-state index is 13.5. The van der Waals surface area contributed by atoms with E-state index in [1.165, 1.54) is 4.68 Å². The lowest BCUT2D eigenvalue weighted by atomic mass is 10.0. The fraction of sp³-hybridized carbons (Fsp3) is 0.179. The van der Waals surface area contributed by atoms with E-state index < -0.39 is 23.6 Å². The molecule has 0 fully saturated rings. The van der Waals surface area contributed by atoms with Gasteiger partial charge in [-0.15, -0.1) is 5.17 Å². The number of hydrogen-bond acceptors (Lipinski definition) is 7. The fourth-order valence-electron chi connectivity index (χ4n) is 3.78. The predicted molar refractivity (Wildman–Crippen MR) is 140 cm³/mol. The molecule has 3 N–H and O–H groups in total. The number of nitrogens with one attached hydrogen (secondary N) is 1. The molecule has 194 valence electrons. The third-order valence-electron chi connectivity index (χ3n) is 5.68. The first kappa shape index (κ1) is 26.4. The number of amides is 2. The van der Waals surface area contributed by atoms with Crippen molar-refractivity contribution in [2.75, 3.05) is 6.61 Å². The second kappa shape index (κ2) is 12.5. The number of Topliss-reactive ketones (excluding diaryl/α,β-unsaturated/α-hetero) is 1. The number of ketones is 1. The largest absolute Gasteiger partial charge is 0.345 e. The summed E-state index contributed by atoms with van der Waals surface area (Å²) in [4.78, 5) is 48.1. The Bertz CT molecular complexity index is 1390. The number of hydroxylamine groups is 1. The zero-order valence-electron chi connectivity index (χ0n) is 20.9. The molecule has 0 saturated heterocycles. The molecule has 2 aromatic heterocycles. The molecular formula is C28H28N6O4. The first-order valence-corrected chi connectivity index (χ1v) is 12.1. The number of hydrazine groups is 1. The maximum Gasteiger partial charge on any atom is 0.328 e. The summed E-state index contributed by atoms with van der Waals surface area (Å²) in [7, 11) is 0. The average Bonchev–Trinajstić information content (AvgIpc) is 3.46. The molecule has 0 radical (unpaired) electrons. The van der Waals surface area contributed by atoms with Gasteiger partial charge in [0.2, 0.25) is 5.78 Å². The van der Waals surface area contributed by atoms with Crippen molar-refractivity contribution in [3.05, 3.63) is 102 Å². The first-order chi connectivity index (χ1) is 18.5. The number of benzene rings is 2. The van der Waals surface area contributed by atoms with Crippen LogP contribution in [0.4, 0.5) is 0 Å². The second-order valence-corrected chi connectivity index (χ2v) is 8.41. The lowest BCUT2D eigenvalue weighted by Gasteiger charge is -2.20. The molecule has 4 rings (SSSR count). The monoisotopic (exact) mass is 512 g/mol. The van der Waals surface area contributed by atoms with Gasteiger partial charge in [-0.1, -0.05) is 67.6 Å². The standard InChI is InChI=1S/C28H28N6O4/c1-2-18-38-34(29)28(37)25(35)19-24(21-12-7-4-8-13-21)31-27(36)22-14-9-16-30-26(22)33-17-15-23(32-33)20-10-5-3-6-11-20/h3-17,24H,2,18-19,29H2,1H3,(H,31,36). The van der Waals surface area contributed by atoms with Crippen LogP contribution in [0.5, 0.6) is 0 Å². The van der Waals surface area contributed by atoms with Crippen LogP contribution in [-0.4, -0.2) is 44.1 Å². The summed E-state index contributed by atoms with van der Waals surface area (Å²) < 4.78 is 1.53. The normalized spacial score (nSPS) is 11.5. The summed E-state index contributed by atoms with van der Waals surface area (Å²) in [6.45, 7) is 2.04. The van der Waals surface area contributed by atoms with Gasteiger partial charge in [0.1, 0.15) is 0 Å². The Morgan fingerprint density at radius 1 is 1.00 bits per heavy atom. The molecule has 10 nitrogen and oxygen atoms in total. The van der Waals surface area contributed by atoms with Crippen molar-refractivity contribution in [1.82, 2.24) is 25.3 Å². The number of carbonyl (C=O) groups is 3. The van der Waals surface area contributed by atoms with Gasteiger partial charge >= 0.3 is 5.91 Å². The Balaban J connectivity index is 1.57. The average molecular weight is 513 g/mol. The van der Waals surface area contributed by atoms with Gasteiger partial charge in [-0.2, -0.15) is 5.10 Å². The van der Waals surface area contributed by atoms with Crippen LogP contribution in [0, 0.1) is 0 Å². The highest BCUT2D eigenvalue weighted by Crippen LogP contribution is 2.21. The van der Waals surface area contributed by atoms with Crippen molar-refractivity contribution < 1.29 is 19.2 Å². The highest BCUT2D eigenvalue weighted by atomic mass is 16.7. The number of hydrogen-bond donors (Lipinski definition) is 2. The zero-order chi connectivity index (χ0) is 26.9. The SMILES string of the molecule is CCCON(N)C(=O)C(=O)CC(NC(=O)c1cccnc1-n1ccc(-c2ccccc2)n1)c1ccccc1. The number of pyridine rings is 1. The molecule has 38 heavy (non-hydrogen) atoms. The van der Waals surface area contributed by atoms with Crippen molar-refractivity contribution in [1.29, 1.82) is 0 Å². The van der Waals surface area contributed by atoms with Gasteiger partial charge in [0.25, 0.3) is 5.91 Å². The minimum atomic E-state index is -0.999. The minimum absolute atomic E-state index is 0.192. The van der Waals surface area contributed by atoms with Crippen molar-refractivity contribution in [3.8, 4) is 17.1 Å². The molecule has 2 heterocycles. The molecular weight excluding hydrogens is 484 g/mol. The van der Waals surface area contributed by atoms with E-state index in [1.54, 1.807) is 48.8 Å². The summed E-state index contributed by atoms with van der Waals surface area (Å²) in [5.74, 6) is 3.61. The lowest BCUT2D eigenvalue weighted by Crippen LogP contribution is -2.43. The smallest absolute Gasteiger partial charge is 0.328 e.